The molecular formula is C25H36ClN5O3. The quantitative estimate of drug-likeness (QED) is 0.442. The number of nitrogens with one attached hydrogen (secondary N) is 1. The first-order valence-corrected chi connectivity index (χ1v) is 12.5. The van der Waals surface area contributed by atoms with Crippen molar-refractivity contribution >= 4 is 17.4 Å². The molecule has 1 aliphatic carbocycles. The fourth-order valence-electron chi connectivity index (χ4n) is 4.49. The van der Waals surface area contributed by atoms with Crippen LogP contribution in [0.3, 0.4) is 0 Å². The molecule has 8 nitrogen and oxygen atoms in total. The fraction of sp³-hybridized carbons (Fsp3) is 0.600. The zero-order valence-electron chi connectivity index (χ0n) is 20.0. The smallest absolute Gasteiger partial charge is 0.136 e. The van der Waals surface area contributed by atoms with Gasteiger partial charge in [-0.2, -0.15) is 0 Å². The third kappa shape index (κ3) is 6.37. The molecule has 1 aromatic heterocycles. The molecule has 1 aromatic carbocycles. The molecule has 1 saturated heterocycles. The first-order chi connectivity index (χ1) is 16.5. The van der Waals surface area contributed by atoms with Crippen molar-refractivity contribution in [2.75, 3.05) is 51.9 Å². The average molecular weight is 490 g/mol. The first-order valence-electron chi connectivity index (χ1n) is 12.1. The summed E-state index contributed by atoms with van der Waals surface area (Å²) >= 11 is 6.45. The van der Waals surface area contributed by atoms with Crippen LogP contribution in [0.15, 0.2) is 24.3 Å². The van der Waals surface area contributed by atoms with Crippen LogP contribution in [0.4, 0.5) is 5.82 Å². The lowest BCUT2D eigenvalue weighted by Gasteiger charge is -2.32. The van der Waals surface area contributed by atoms with E-state index < -0.39 is 6.10 Å². The van der Waals surface area contributed by atoms with Gasteiger partial charge in [-0.25, -0.2) is 9.97 Å². The van der Waals surface area contributed by atoms with Gasteiger partial charge in [0.15, 0.2) is 0 Å². The number of rotatable bonds is 11. The van der Waals surface area contributed by atoms with E-state index in [0.717, 1.165) is 49.0 Å². The van der Waals surface area contributed by atoms with Crippen molar-refractivity contribution in [1.82, 2.24) is 15.3 Å². The molecule has 2 fully saturated rings. The number of likely N-dealkylation sites (N-methyl/N-ethyl adjacent to an activating group) is 1. The SMILES string of the molecule is CNCC(O)COc1cc(Cl)cc(-c2cc(N(C)C3CCOCC3)nc(C(CN)C3CC3)n2)c1. The summed E-state index contributed by atoms with van der Waals surface area (Å²) in [5.74, 6) is 2.97. The Labute approximate surface area is 206 Å². The van der Waals surface area contributed by atoms with Gasteiger partial charge in [-0.15, -0.1) is 0 Å². The van der Waals surface area contributed by atoms with Crippen LogP contribution in [0, 0.1) is 5.92 Å². The minimum absolute atomic E-state index is 0.147. The number of benzene rings is 1. The highest BCUT2D eigenvalue weighted by Crippen LogP contribution is 2.42. The Morgan fingerprint density at radius 1 is 1.21 bits per heavy atom. The summed E-state index contributed by atoms with van der Waals surface area (Å²) in [6.45, 7) is 2.68. The van der Waals surface area contributed by atoms with Crippen molar-refractivity contribution < 1.29 is 14.6 Å². The van der Waals surface area contributed by atoms with Crippen LogP contribution in [-0.4, -0.2) is 74.2 Å². The fourth-order valence-corrected chi connectivity index (χ4v) is 4.72. The van der Waals surface area contributed by atoms with Crippen LogP contribution >= 0.6 is 11.6 Å². The number of aliphatic hydroxyl groups is 1. The van der Waals surface area contributed by atoms with Gasteiger partial charge in [0.05, 0.1) is 5.69 Å². The zero-order valence-corrected chi connectivity index (χ0v) is 20.8. The lowest BCUT2D eigenvalue weighted by atomic mass is 10.0. The molecule has 1 aliphatic heterocycles. The van der Waals surface area contributed by atoms with Crippen molar-refractivity contribution in [1.29, 1.82) is 0 Å². The van der Waals surface area contributed by atoms with Crippen molar-refractivity contribution in [2.24, 2.45) is 11.7 Å². The van der Waals surface area contributed by atoms with Gasteiger partial charge in [0.1, 0.15) is 30.1 Å². The van der Waals surface area contributed by atoms with E-state index in [0.29, 0.717) is 35.8 Å². The van der Waals surface area contributed by atoms with Crippen molar-refractivity contribution in [2.45, 2.75) is 43.7 Å². The maximum absolute atomic E-state index is 10.0. The average Bonchev–Trinajstić information content (AvgIpc) is 3.68. The van der Waals surface area contributed by atoms with E-state index in [1.165, 1.54) is 12.8 Å². The molecule has 0 spiro atoms. The van der Waals surface area contributed by atoms with E-state index in [-0.39, 0.29) is 12.5 Å². The van der Waals surface area contributed by atoms with Crippen molar-refractivity contribution in [3.05, 3.63) is 35.1 Å². The Hall–Kier alpha value is -1.97. The molecule has 2 aromatic rings. The van der Waals surface area contributed by atoms with Gasteiger partial charge in [0.2, 0.25) is 0 Å². The molecule has 2 aliphatic rings. The number of halogens is 1. The second-order valence-electron chi connectivity index (χ2n) is 9.30. The topological polar surface area (TPSA) is 106 Å². The number of aromatic nitrogens is 2. The normalized spacial score (nSPS) is 18.5. The van der Waals surface area contributed by atoms with Gasteiger partial charge >= 0.3 is 0 Å². The van der Waals surface area contributed by atoms with Gasteiger partial charge in [-0.3, -0.25) is 0 Å². The van der Waals surface area contributed by atoms with E-state index in [1.807, 2.05) is 18.2 Å². The summed E-state index contributed by atoms with van der Waals surface area (Å²) in [6, 6.07) is 7.94. The van der Waals surface area contributed by atoms with Gasteiger partial charge in [-0.1, -0.05) is 11.6 Å². The number of anilines is 1. The van der Waals surface area contributed by atoms with Gasteiger partial charge in [-0.05, 0) is 56.8 Å². The Kier molecular flexibility index (Phi) is 8.60. The van der Waals surface area contributed by atoms with Crippen LogP contribution in [0.2, 0.25) is 5.02 Å². The van der Waals surface area contributed by atoms with Gasteiger partial charge < -0.3 is 30.5 Å². The second kappa shape index (κ2) is 11.6. The third-order valence-corrected chi connectivity index (χ3v) is 6.87. The highest BCUT2D eigenvalue weighted by molar-refractivity contribution is 6.31. The van der Waals surface area contributed by atoms with Gasteiger partial charge in [0, 0.05) is 62.0 Å². The zero-order chi connectivity index (χ0) is 24.1. The minimum Gasteiger partial charge on any atom is -0.491 e. The molecule has 0 bridgehead atoms. The molecule has 2 heterocycles. The van der Waals surface area contributed by atoms with Crippen LogP contribution in [0.25, 0.3) is 11.3 Å². The molecular weight excluding hydrogens is 454 g/mol. The predicted molar refractivity (Wildman–Crippen MR) is 135 cm³/mol. The van der Waals surface area contributed by atoms with Crippen LogP contribution in [-0.2, 0) is 4.74 Å². The van der Waals surface area contributed by atoms with E-state index in [4.69, 9.17) is 36.8 Å². The maximum atomic E-state index is 10.0. The highest BCUT2D eigenvalue weighted by atomic mass is 35.5. The Morgan fingerprint density at radius 2 is 1.97 bits per heavy atom. The largest absolute Gasteiger partial charge is 0.491 e. The number of nitrogens with two attached hydrogens (primary N) is 1. The number of ether oxygens (including phenoxy) is 2. The second-order valence-corrected chi connectivity index (χ2v) is 9.74. The lowest BCUT2D eigenvalue weighted by molar-refractivity contribution is 0.0853. The first kappa shape index (κ1) is 25.1. The number of hydrogen-bond acceptors (Lipinski definition) is 8. The maximum Gasteiger partial charge on any atom is 0.136 e. The summed E-state index contributed by atoms with van der Waals surface area (Å²) in [4.78, 5) is 12.2. The monoisotopic (exact) mass is 489 g/mol. The third-order valence-electron chi connectivity index (χ3n) is 6.66. The Morgan fingerprint density at radius 3 is 2.65 bits per heavy atom. The molecule has 0 radical (unpaired) electrons. The summed E-state index contributed by atoms with van der Waals surface area (Å²) in [7, 11) is 3.88. The predicted octanol–water partition coefficient (Wildman–Crippen LogP) is 2.82. The van der Waals surface area contributed by atoms with E-state index in [9.17, 15) is 5.11 Å². The van der Waals surface area contributed by atoms with Crippen molar-refractivity contribution in [3.8, 4) is 17.0 Å². The molecule has 0 amide bonds. The molecule has 4 N–H and O–H groups in total. The summed E-state index contributed by atoms with van der Waals surface area (Å²) in [6.07, 6.45) is 3.67. The number of aliphatic hydroxyl groups excluding tert-OH is 1. The summed E-state index contributed by atoms with van der Waals surface area (Å²) in [5, 5.41) is 13.5. The van der Waals surface area contributed by atoms with E-state index in [2.05, 4.69) is 17.3 Å². The number of hydrogen-bond donors (Lipinski definition) is 3. The van der Waals surface area contributed by atoms with Crippen LogP contribution in [0.1, 0.15) is 37.4 Å². The van der Waals surface area contributed by atoms with Crippen LogP contribution in [0.5, 0.6) is 5.75 Å². The van der Waals surface area contributed by atoms with E-state index in [1.54, 1.807) is 13.1 Å². The number of nitrogens with zero attached hydrogens (tertiary/aromatic N) is 3. The van der Waals surface area contributed by atoms with Crippen LogP contribution < -0.4 is 20.7 Å². The highest BCUT2D eigenvalue weighted by Gasteiger charge is 2.34. The molecule has 186 valence electrons. The molecule has 34 heavy (non-hydrogen) atoms. The minimum atomic E-state index is -0.610. The molecule has 2 atom stereocenters. The Bertz CT molecular complexity index is 952. The summed E-state index contributed by atoms with van der Waals surface area (Å²) < 4.78 is 11.4. The molecule has 4 rings (SSSR count). The van der Waals surface area contributed by atoms with Gasteiger partial charge in [0.25, 0.3) is 0 Å². The summed E-state index contributed by atoms with van der Waals surface area (Å²) in [5.41, 5.74) is 7.81. The molecule has 2 unspecified atom stereocenters. The van der Waals surface area contributed by atoms with Crippen molar-refractivity contribution in [3.63, 3.8) is 0 Å². The van der Waals surface area contributed by atoms with E-state index >= 15 is 0 Å². The lowest BCUT2D eigenvalue weighted by Crippen LogP contribution is -2.37. The standard InChI is InChI=1S/C25H36ClN5O3/c1-28-14-20(32)15-34-21-10-17(9-18(26)11-21)23-12-24(31(2)19-5-7-33-8-6-19)30-25(29-23)22(13-27)16-3-4-16/h9-12,16,19-20,22,28,32H,3-8,13-15,27H2,1-2H3. The molecule has 1 saturated carbocycles. The molecule has 9 heteroatoms. The Balaban J connectivity index is 1.67.